The largest absolute Gasteiger partial charge is 0.293 e. The molecule has 0 radical (unpaired) electrons. The van der Waals surface area contributed by atoms with Crippen molar-refractivity contribution < 1.29 is 4.79 Å². The highest BCUT2D eigenvalue weighted by molar-refractivity contribution is 9.10. The minimum absolute atomic E-state index is 0.0499. The summed E-state index contributed by atoms with van der Waals surface area (Å²) in [6.07, 6.45) is 0.997. The van der Waals surface area contributed by atoms with Gasteiger partial charge in [-0.3, -0.25) is 4.79 Å². The number of carbonyl (C=O) groups excluding carboxylic acids is 1. The molecule has 1 aromatic carbocycles. The van der Waals surface area contributed by atoms with Crippen LogP contribution in [0.5, 0.6) is 0 Å². The number of benzene rings is 1. The van der Waals surface area contributed by atoms with Gasteiger partial charge in [-0.1, -0.05) is 50.6 Å². The first kappa shape index (κ1) is 15.5. The lowest BCUT2D eigenvalue weighted by atomic mass is 9.82. The Hall–Kier alpha value is -0.930. The fraction of sp³-hybridized carbons (Fsp3) is 0.353. The summed E-state index contributed by atoms with van der Waals surface area (Å²) in [6.45, 7) is 6.33. The lowest BCUT2D eigenvalue weighted by Gasteiger charge is -2.21. The summed E-state index contributed by atoms with van der Waals surface area (Å²) < 4.78 is 1.03. The van der Waals surface area contributed by atoms with Crippen molar-refractivity contribution in [1.29, 1.82) is 0 Å². The second kappa shape index (κ2) is 6.68. The maximum absolute atomic E-state index is 12.9. The molecule has 0 aliphatic rings. The quantitative estimate of drug-likeness (QED) is 0.619. The number of aryl methyl sites for hydroxylation is 1. The third kappa shape index (κ3) is 3.21. The maximum atomic E-state index is 12.9. The molecule has 2 atom stereocenters. The van der Waals surface area contributed by atoms with Crippen LogP contribution in [0.4, 0.5) is 0 Å². The van der Waals surface area contributed by atoms with Gasteiger partial charge in [0.25, 0.3) is 0 Å². The second-order valence-electron chi connectivity index (χ2n) is 5.15. The van der Waals surface area contributed by atoms with Crippen molar-refractivity contribution in [3.63, 3.8) is 0 Å². The average Bonchev–Trinajstić information content (AvgIpc) is 2.80. The first-order valence-corrected chi connectivity index (χ1v) is 8.50. The summed E-state index contributed by atoms with van der Waals surface area (Å²) in [5, 5.41) is 0. The monoisotopic (exact) mass is 350 g/mol. The van der Waals surface area contributed by atoms with E-state index in [2.05, 4.69) is 41.9 Å². The normalized spacial score (nSPS) is 14.0. The van der Waals surface area contributed by atoms with Gasteiger partial charge < -0.3 is 0 Å². The number of ketones is 1. The molecule has 0 saturated heterocycles. The molecule has 0 spiro atoms. The van der Waals surface area contributed by atoms with Crippen LogP contribution >= 0.6 is 27.3 Å². The zero-order valence-corrected chi connectivity index (χ0v) is 14.4. The zero-order valence-electron chi connectivity index (χ0n) is 12.0. The molecule has 3 heteroatoms. The van der Waals surface area contributed by atoms with Crippen LogP contribution in [0.25, 0.3) is 0 Å². The third-order valence-electron chi connectivity index (χ3n) is 3.75. The Balaban J connectivity index is 2.39. The van der Waals surface area contributed by atoms with E-state index in [1.54, 1.807) is 11.3 Å². The number of hydrogen-bond donors (Lipinski definition) is 0. The number of rotatable bonds is 5. The van der Waals surface area contributed by atoms with Crippen LogP contribution in [0, 0.1) is 12.8 Å². The van der Waals surface area contributed by atoms with Gasteiger partial charge in [-0.2, -0.15) is 0 Å². The van der Waals surface area contributed by atoms with Crippen LogP contribution in [0.1, 0.15) is 46.3 Å². The van der Waals surface area contributed by atoms with Crippen molar-refractivity contribution in [3.8, 4) is 0 Å². The standard InChI is InChI=1S/C17H19BrOS/c1-4-11(2)16(13-8-6-5-7-9-13)17(19)15-10-14(18)12(3)20-15/h5-11,16H,4H2,1-3H3. The Morgan fingerprint density at radius 2 is 1.95 bits per heavy atom. The van der Waals surface area contributed by atoms with Crippen molar-refractivity contribution in [3.05, 3.63) is 56.2 Å². The topological polar surface area (TPSA) is 17.1 Å². The van der Waals surface area contributed by atoms with Gasteiger partial charge in [0.2, 0.25) is 0 Å². The molecule has 2 aromatic rings. The van der Waals surface area contributed by atoms with Crippen LogP contribution < -0.4 is 0 Å². The Bertz CT molecular complexity index is 569. The molecule has 1 nitrogen and oxygen atoms in total. The van der Waals surface area contributed by atoms with E-state index in [9.17, 15) is 4.79 Å². The van der Waals surface area contributed by atoms with E-state index in [0.717, 1.165) is 26.2 Å². The molecule has 0 bridgehead atoms. The lowest BCUT2D eigenvalue weighted by Crippen LogP contribution is -2.19. The average molecular weight is 351 g/mol. The van der Waals surface area contributed by atoms with E-state index in [0.29, 0.717) is 5.92 Å². The predicted molar refractivity (Wildman–Crippen MR) is 89.7 cm³/mol. The molecule has 106 valence electrons. The number of thiophene rings is 1. The van der Waals surface area contributed by atoms with E-state index in [1.165, 1.54) is 0 Å². The molecule has 20 heavy (non-hydrogen) atoms. The third-order valence-corrected chi connectivity index (χ3v) is 5.91. The number of hydrogen-bond acceptors (Lipinski definition) is 2. The van der Waals surface area contributed by atoms with Crippen LogP contribution in [0.15, 0.2) is 40.9 Å². The van der Waals surface area contributed by atoms with Gasteiger partial charge in [-0.15, -0.1) is 11.3 Å². The molecule has 0 aliphatic carbocycles. The minimum atomic E-state index is -0.0499. The van der Waals surface area contributed by atoms with Crippen molar-refractivity contribution in [2.24, 2.45) is 5.92 Å². The summed E-state index contributed by atoms with van der Waals surface area (Å²) >= 11 is 5.08. The Labute approximate surface area is 133 Å². The molecule has 2 unspecified atom stereocenters. The maximum Gasteiger partial charge on any atom is 0.180 e. The van der Waals surface area contributed by atoms with Gasteiger partial charge >= 0.3 is 0 Å². The van der Waals surface area contributed by atoms with Crippen molar-refractivity contribution in [2.75, 3.05) is 0 Å². The van der Waals surface area contributed by atoms with Gasteiger partial charge in [0.15, 0.2) is 5.78 Å². The minimum Gasteiger partial charge on any atom is -0.293 e. The highest BCUT2D eigenvalue weighted by Gasteiger charge is 2.28. The molecule has 0 fully saturated rings. The van der Waals surface area contributed by atoms with Crippen LogP contribution in [0.3, 0.4) is 0 Å². The summed E-state index contributed by atoms with van der Waals surface area (Å²) in [7, 11) is 0. The van der Waals surface area contributed by atoms with Crippen LogP contribution in [-0.2, 0) is 0 Å². The SMILES string of the molecule is CCC(C)C(C(=O)c1cc(Br)c(C)s1)c1ccccc1. The highest BCUT2D eigenvalue weighted by Crippen LogP contribution is 2.35. The smallest absolute Gasteiger partial charge is 0.180 e. The van der Waals surface area contributed by atoms with E-state index < -0.39 is 0 Å². The fourth-order valence-corrected chi connectivity index (χ4v) is 3.88. The first-order valence-electron chi connectivity index (χ1n) is 6.89. The van der Waals surface area contributed by atoms with Gasteiger partial charge in [0.05, 0.1) is 10.8 Å². The molecule has 0 aliphatic heterocycles. The van der Waals surface area contributed by atoms with Gasteiger partial charge in [0, 0.05) is 9.35 Å². The van der Waals surface area contributed by atoms with Gasteiger partial charge in [-0.25, -0.2) is 0 Å². The number of carbonyl (C=O) groups is 1. The number of halogens is 1. The predicted octanol–water partition coefficient (Wildman–Crippen LogP) is 5.83. The molecule has 0 saturated carbocycles. The Morgan fingerprint density at radius 3 is 2.45 bits per heavy atom. The molecule has 1 aromatic heterocycles. The van der Waals surface area contributed by atoms with E-state index in [-0.39, 0.29) is 11.7 Å². The number of Topliss-reactive ketones (excluding diaryl/α,β-unsaturated/α-hetero) is 1. The van der Waals surface area contributed by atoms with E-state index in [4.69, 9.17) is 0 Å². The van der Waals surface area contributed by atoms with E-state index in [1.807, 2.05) is 31.2 Å². The summed E-state index contributed by atoms with van der Waals surface area (Å²) in [4.78, 5) is 14.9. The Morgan fingerprint density at radius 1 is 1.30 bits per heavy atom. The van der Waals surface area contributed by atoms with Crippen molar-refractivity contribution in [2.45, 2.75) is 33.1 Å². The van der Waals surface area contributed by atoms with Crippen LogP contribution in [0.2, 0.25) is 0 Å². The summed E-state index contributed by atoms with van der Waals surface area (Å²) in [6, 6.07) is 12.1. The van der Waals surface area contributed by atoms with Crippen molar-refractivity contribution in [1.82, 2.24) is 0 Å². The van der Waals surface area contributed by atoms with Gasteiger partial charge in [0.1, 0.15) is 0 Å². The first-order chi connectivity index (χ1) is 9.54. The fourth-order valence-electron chi connectivity index (χ4n) is 2.37. The highest BCUT2D eigenvalue weighted by atomic mass is 79.9. The molecule has 2 rings (SSSR count). The van der Waals surface area contributed by atoms with Crippen molar-refractivity contribution >= 4 is 33.0 Å². The molecule has 0 amide bonds. The molecular formula is C17H19BrOS. The molecular weight excluding hydrogens is 332 g/mol. The lowest BCUT2D eigenvalue weighted by molar-refractivity contribution is 0.0936. The zero-order chi connectivity index (χ0) is 14.7. The summed E-state index contributed by atoms with van der Waals surface area (Å²) in [5.74, 6) is 0.529. The molecule has 0 N–H and O–H groups in total. The Kier molecular flexibility index (Phi) is 5.17. The van der Waals surface area contributed by atoms with E-state index >= 15 is 0 Å². The molecule has 1 heterocycles. The summed E-state index contributed by atoms with van der Waals surface area (Å²) in [5.41, 5.74) is 1.12. The van der Waals surface area contributed by atoms with Gasteiger partial charge in [-0.05, 0) is 40.4 Å². The second-order valence-corrected chi connectivity index (χ2v) is 7.26. The van der Waals surface area contributed by atoms with Crippen LogP contribution in [-0.4, -0.2) is 5.78 Å².